The summed E-state index contributed by atoms with van der Waals surface area (Å²) in [6.45, 7) is 5.67. The summed E-state index contributed by atoms with van der Waals surface area (Å²) in [4.78, 5) is 23.9. The second kappa shape index (κ2) is 5.26. The molecule has 2 aromatic heterocycles. The fraction of sp³-hybridized carbons (Fsp3) is 0.462. The van der Waals surface area contributed by atoms with E-state index in [1.54, 1.807) is 29.7 Å². The average Bonchev–Trinajstić information content (AvgIpc) is 2.85. The van der Waals surface area contributed by atoms with Crippen LogP contribution in [0.3, 0.4) is 0 Å². The lowest BCUT2D eigenvalue weighted by Gasteiger charge is -2.12. The molecule has 0 bridgehead atoms. The third kappa shape index (κ3) is 2.67. The Balaban J connectivity index is 2.28. The van der Waals surface area contributed by atoms with Crippen LogP contribution in [0.25, 0.3) is 5.52 Å². The van der Waals surface area contributed by atoms with Crippen LogP contribution in [0, 0.1) is 6.92 Å². The zero-order chi connectivity index (χ0) is 14.0. The molecule has 0 fully saturated rings. The zero-order valence-electron chi connectivity index (χ0n) is 11.4. The van der Waals surface area contributed by atoms with E-state index in [0.29, 0.717) is 11.3 Å². The molecule has 102 valence electrons. The molecular weight excluding hydrogens is 244 g/mol. The molecule has 0 aliphatic heterocycles. The number of fused-ring (bicyclic) bond motifs is 1. The van der Waals surface area contributed by atoms with Gasteiger partial charge in [-0.05, 0) is 32.4 Å². The maximum atomic E-state index is 12.1. The van der Waals surface area contributed by atoms with Gasteiger partial charge >= 0.3 is 0 Å². The van der Waals surface area contributed by atoms with Crippen molar-refractivity contribution in [3.05, 3.63) is 34.5 Å². The number of aryl methyl sites for hydroxylation is 1. The van der Waals surface area contributed by atoms with E-state index in [0.717, 1.165) is 6.42 Å². The number of nitrogens with one attached hydrogen (secondary N) is 1. The van der Waals surface area contributed by atoms with Gasteiger partial charge in [-0.15, -0.1) is 0 Å². The normalized spacial score (nSPS) is 12.6. The molecule has 2 rings (SSSR count). The Morgan fingerprint density at radius 3 is 2.95 bits per heavy atom. The lowest BCUT2D eigenvalue weighted by atomic mass is 10.2. The molecule has 0 radical (unpaired) electrons. The van der Waals surface area contributed by atoms with Crippen LogP contribution in [0.5, 0.6) is 0 Å². The van der Waals surface area contributed by atoms with Gasteiger partial charge in [0.1, 0.15) is 17.9 Å². The third-order valence-electron chi connectivity index (χ3n) is 3.13. The molecule has 0 aromatic carbocycles. The summed E-state index contributed by atoms with van der Waals surface area (Å²) in [7, 11) is 0. The van der Waals surface area contributed by atoms with Crippen LogP contribution in [-0.4, -0.2) is 26.1 Å². The third-order valence-corrected chi connectivity index (χ3v) is 3.13. The van der Waals surface area contributed by atoms with Gasteiger partial charge in [-0.25, -0.2) is 4.68 Å². The molecular formula is C13H18N4O2. The quantitative estimate of drug-likeness (QED) is 0.882. The first-order chi connectivity index (χ1) is 9.02. The Labute approximate surface area is 111 Å². The first-order valence-corrected chi connectivity index (χ1v) is 6.37. The topological polar surface area (TPSA) is 68.4 Å². The van der Waals surface area contributed by atoms with Crippen LogP contribution in [-0.2, 0) is 11.3 Å². The van der Waals surface area contributed by atoms with Crippen molar-refractivity contribution in [3.8, 4) is 0 Å². The maximum absolute atomic E-state index is 12.1. The van der Waals surface area contributed by atoms with Crippen molar-refractivity contribution in [2.75, 3.05) is 0 Å². The van der Waals surface area contributed by atoms with Crippen molar-refractivity contribution < 1.29 is 4.79 Å². The summed E-state index contributed by atoms with van der Waals surface area (Å²) in [5, 5.41) is 6.97. The molecule has 2 heterocycles. The Hall–Kier alpha value is -2.11. The van der Waals surface area contributed by atoms with Crippen molar-refractivity contribution in [2.45, 2.75) is 39.8 Å². The fourth-order valence-corrected chi connectivity index (χ4v) is 1.90. The number of carbonyl (C=O) groups excluding carboxylic acids is 1. The summed E-state index contributed by atoms with van der Waals surface area (Å²) in [6, 6.07) is 3.61. The smallest absolute Gasteiger partial charge is 0.291 e. The minimum absolute atomic E-state index is 0.0499. The Kier molecular flexibility index (Phi) is 3.69. The number of nitrogens with zero attached hydrogens (tertiary/aromatic N) is 3. The standard InChI is InChI=1S/C13H18N4O2/c1-4-9(2)14-12(18)8-17-13(19)11-6-5-7-16(11)10(3)15-17/h5-7,9H,4,8H2,1-3H3,(H,14,18). The fourth-order valence-electron chi connectivity index (χ4n) is 1.90. The minimum atomic E-state index is -0.255. The molecule has 1 N–H and O–H groups in total. The van der Waals surface area contributed by atoms with Gasteiger partial charge in [-0.3, -0.25) is 14.0 Å². The van der Waals surface area contributed by atoms with Gasteiger partial charge in [-0.2, -0.15) is 5.10 Å². The first kappa shape index (κ1) is 13.3. The molecule has 6 nitrogen and oxygen atoms in total. The van der Waals surface area contributed by atoms with Crippen molar-refractivity contribution in [2.24, 2.45) is 0 Å². The van der Waals surface area contributed by atoms with Crippen LogP contribution < -0.4 is 10.9 Å². The predicted octanol–water partition coefficient (Wildman–Crippen LogP) is 0.719. The molecule has 1 unspecified atom stereocenters. The molecule has 0 aliphatic carbocycles. The molecule has 2 aromatic rings. The number of amides is 1. The average molecular weight is 262 g/mol. The second-order valence-electron chi connectivity index (χ2n) is 4.65. The van der Waals surface area contributed by atoms with Gasteiger partial charge in [0.25, 0.3) is 5.56 Å². The minimum Gasteiger partial charge on any atom is -0.352 e. The van der Waals surface area contributed by atoms with Gasteiger partial charge in [-0.1, -0.05) is 6.92 Å². The first-order valence-electron chi connectivity index (χ1n) is 6.37. The molecule has 6 heteroatoms. The monoisotopic (exact) mass is 262 g/mol. The highest BCUT2D eigenvalue weighted by molar-refractivity contribution is 5.76. The van der Waals surface area contributed by atoms with E-state index >= 15 is 0 Å². The number of rotatable bonds is 4. The van der Waals surface area contributed by atoms with E-state index in [1.165, 1.54) is 4.68 Å². The summed E-state index contributed by atoms with van der Waals surface area (Å²) in [5.74, 6) is 0.482. The van der Waals surface area contributed by atoms with Crippen molar-refractivity contribution in [1.82, 2.24) is 19.5 Å². The van der Waals surface area contributed by atoms with Crippen LogP contribution in [0.1, 0.15) is 26.1 Å². The molecule has 1 atom stereocenters. The molecule has 0 spiro atoms. The number of carbonyl (C=O) groups is 1. The van der Waals surface area contributed by atoms with Gasteiger partial charge in [0.15, 0.2) is 0 Å². The molecule has 19 heavy (non-hydrogen) atoms. The summed E-state index contributed by atoms with van der Waals surface area (Å²) in [5.41, 5.74) is 0.277. The van der Waals surface area contributed by atoms with Crippen molar-refractivity contribution in [3.63, 3.8) is 0 Å². The molecule has 1 amide bonds. The van der Waals surface area contributed by atoms with Gasteiger partial charge in [0, 0.05) is 12.2 Å². The maximum Gasteiger partial charge on any atom is 0.291 e. The summed E-state index contributed by atoms with van der Waals surface area (Å²) >= 11 is 0. The van der Waals surface area contributed by atoms with Gasteiger partial charge in [0.2, 0.25) is 5.91 Å². The van der Waals surface area contributed by atoms with E-state index < -0.39 is 0 Å². The Morgan fingerprint density at radius 1 is 1.53 bits per heavy atom. The highest BCUT2D eigenvalue weighted by Gasteiger charge is 2.11. The molecule has 0 saturated heterocycles. The summed E-state index contributed by atoms with van der Waals surface area (Å²) in [6.07, 6.45) is 2.63. The van der Waals surface area contributed by atoms with Crippen molar-refractivity contribution in [1.29, 1.82) is 0 Å². The predicted molar refractivity (Wildman–Crippen MR) is 72.1 cm³/mol. The van der Waals surface area contributed by atoms with Gasteiger partial charge < -0.3 is 5.32 Å². The number of hydrogen-bond donors (Lipinski definition) is 1. The Bertz CT molecular complexity index is 656. The number of aromatic nitrogens is 3. The van der Waals surface area contributed by atoms with Crippen LogP contribution in [0.2, 0.25) is 0 Å². The Morgan fingerprint density at radius 2 is 2.26 bits per heavy atom. The van der Waals surface area contributed by atoms with E-state index in [-0.39, 0.29) is 24.1 Å². The van der Waals surface area contributed by atoms with Crippen LogP contribution >= 0.6 is 0 Å². The lowest BCUT2D eigenvalue weighted by molar-refractivity contribution is -0.122. The number of hydrogen-bond acceptors (Lipinski definition) is 3. The second-order valence-corrected chi connectivity index (χ2v) is 4.65. The zero-order valence-corrected chi connectivity index (χ0v) is 11.4. The molecule has 0 aliphatic rings. The van der Waals surface area contributed by atoms with E-state index in [2.05, 4.69) is 10.4 Å². The van der Waals surface area contributed by atoms with Crippen molar-refractivity contribution >= 4 is 11.4 Å². The van der Waals surface area contributed by atoms with E-state index in [9.17, 15) is 9.59 Å². The summed E-state index contributed by atoms with van der Waals surface area (Å²) < 4.78 is 2.92. The van der Waals surface area contributed by atoms with Crippen LogP contribution in [0.15, 0.2) is 23.1 Å². The highest BCUT2D eigenvalue weighted by Crippen LogP contribution is 2.00. The van der Waals surface area contributed by atoms with E-state index in [4.69, 9.17) is 0 Å². The van der Waals surface area contributed by atoms with Gasteiger partial charge in [0.05, 0.1) is 0 Å². The molecule has 0 saturated carbocycles. The van der Waals surface area contributed by atoms with E-state index in [1.807, 2.05) is 13.8 Å². The van der Waals surface area contributed by atoms with Crippen LogP contribution in [0.4, 0.5) is 0 Å². The largest absolute Gasteiger partial charge is 0.352 e. The lowest BCUT2D eigenvalue weighted by Crippen LogP contribution is -2.38. The highest BCUT2D eigenvalue weighted by atomic mass is 16.2. The SMILES string of the molecule is CCC(C)NC(=O)Cn1nc(C)n2cccc2c1=O.